The second-order valence-electron chi connectivity index (χ2n) is 5.53. The summed E-state index contributed by atoms with van der Waals surface area (Å²) in [5, 5.41) is 3.71. The molecule has 122 valence electrons. The van der Waals surface area contributed by atoms with E-state index in [2.05, 4.69) is 15.3 Å². The molecule has 2 heterocycles. The van der Waals surface area contributed by atoms with Gasteiger partial charge in [0.2, 0.25) is 5.91 Å². The van der Waals surface area contributed by atoms with E-state index in [-0.39, 0.29) is 24.9 Å². The third-order valence-corrected chi connectivity index (χ3v) is 4.83. The SMILES string of the molecule is Cc1ccc2nc(COCC(=O)N[C@H]3C=CS(=O)(=O)C3)[nH]c2c1. The van der Waals surface area contributed by atoms with E-state index in [0.29, 0.717) is 5.82 Å². The first kappa shape index (κ1) is 15.7. The molecule has 0 unspecified atom stereocenters. The van der Waals surface area contributed by atoms with E-state index in [1.54, 1.807) is 0 Å². The summed E-state index contributed by atoms with van der Waals surface area (Å²) in [5.74, 6) is 0.187. The molecule has 0 spiro atoms. The van der Waals surface area contributed by atoms with Gasteiger partial charge in [0.15, 0.2) is 9.84 Å². The van der Waals surface area contributed by atoms with Gasteiger partial charge in [0, 0.05) is 5.41 Å². The van der Waals surface area contributed by atoms with Crippen LogP contribution in [0.3, 0.4) is 0 Å². The molecule has 0 aliphatic carbocycles. The number of aryl methyl sites for hydroxylation is 1. The Hall–Kier alpha value is -2.19. The lowest BCUT2D eigenvalue weighted by molar-refractivity contribution is -0.126. The number of hydrogen-bond donors (Lipinski definition) is 2. The molecule has 1 atom stereocenters. The van der Waals surface area contributed by atoms with Crippen LogP contribution in [0.2, 0.25) is 0 Å². The molecule has 1 aliphatic heterocycles. The van der Waals surface area contributed by atoms with Gasteiger partial charge in [-0.15, -0.1) is 0 Å². The minimum absolute atomic E-state index is 0.0956. The van der Waals surface area contributed by atoms with Gasteiger partial charge in [-0.2, -0.15) is 0 Å². The molecule has 2 aromatic rings. The van der Waals surface area contributed by atoms with E-state index in [9.17, 15) is 13.2 Å². The van der Waals surface area contributed by atoms with Crippen LogP contribution in [0, 0.1) is 6.92 Å². The molecular formula is C15H17N3O4S. The number of carbonyl (C=O) groups excluding carboxylic acids is 1. The number of hydrogen-bond acceptors (Lipinski definition) is 5. The van der Waals surface area contributed by atoms with E-state index < -0.39 is 15.9 Å². The van der Waals surface area contributed by atoms with Crippen molar-refractivity contribution in [2.75, 3.05) is 12.4 Å². The highest BCUT2D eigenvalue weighted by Crippen LogP contribution is 2.13. The van der Waals surface area contributed by atoms with Crippen LogP contribution < -0.4 is 5.32 Å². The fourth-order valence-corrected chi connectivity index (χ4v) is 3.63. The number of ether oxygens (including phenoxy) is 1. The summed E-state index contributed by atoms with van der Waals surface area (Å²) in [6, 6.07) is 5.41. The van der Waals surface area contributed by atoms with E-state index in [0.717, 1.165) is 22.0 Å². The summed E-state index contributed by atoms with van der Waals surface area (Å²) < 4.78 is 27.8. The Morgan fingerprint density at radius 3 is 3.04 bits per heavy atom. The van der Waals surface area contributed by atoms with Crippen molar-refractivity contribution in [1.82, 2.24) is 15.3 Å². The predicted octanol–water partition coefficient (Wildman–Crippen LogP) is 0.815. The van der Waals surface area contributed by atoms with Crippen LogP contribution in [-0.2, 0) is 26.0 Å². The molecule has 0 saturated heterocycles. The van der Waals surface area contributed by atoms with Gasteiger partial charge < -0.3 is 15.0 Å². The highest BCUT2D eigenvalue weighted by Gasteiger charge is 2.22. The fraction of sp³-hybridized carbons (Fsp3) is 0.333. The van der Waals surface area contributed by atoms with Crippen LogP contribution in [0.5, 0.6) is 0 Å². The molecule has 1 aromatic carbocycles. The first-order valence-corrected chi connectivity index (χ1v) is 8.86. The van der Waals surface area contributed by atoms with Gasteiger partial charge in [-0.1, -0.05) is 6.07 Å². The minimum atomic E-state index is -3.17. The molecule has 1 amide bonds. The molecule has 0 bridgehead atoms. The zero-order valence-corrected chi connectivity index (χ0v) is 13.4. The van der Waals surface area contributed by atoms with Gasteiger partial charge in [0.05, 0.1) is 22.8 Å². The molecule has 1 aliphatic rings. The number of aromatic amines is 1. The number of nitrogens with one attached hydrogen (secondary N) is 2. The Morgan fingerprint density at radius 2 is 2.30 bits per heavy atom. The molecule has 23 heavy (non-hydrogen) atoms. The van der Waals surface area contributed by atoms with Crippen molar-refractivity contribution in [2.24, 2.45) is 0 Å². The van der Waals surface area contributed by atoms with Gasteiger partial charge in [0.25, 0.3) is 0 Å². The maximum Gasteiger partial charge on any atom is 0.246 e. The van der Waals surface area contributed by atoms with Crippen molar-refractivity contribution in [3.8, 4) is 0 Å². The van der Waals surface area contributed by atoms with Crippen molar-refractivity contribution in [3.05, 3.63) is 41.1 Å². The topological polar surface area (TPSA) is 101 Å². The normalized spacial score (nSPS) is 19.3. The number of H-pyrrole nitrogens is 1. The van der Waals surface area contributed by atoms with Crippen molar-refractivity contribution in [1.29, 1.82) is 0 Å². The zero-order valence-electron chi connectivity index (χ0n) is 12.6. The molecule has 3 rings (SSSR count). The molecule has 1 aromatic heterocycles. The van der Waals surface area contributed by atoms with Crippen LogP contribution in [-0.4, -0.2) is 42.7 Å². The first-order chi connectivity index (χ1) is 10.9. The summed E-state index contributed by atoms with van der Waals surface area (Å²) in [7, 11) is -3.17. The smallest absolute Gasteiger partial charge is 0.246 e. The number of benzene rings is 1. The highest BCUT2D eigenvalue weighted by molar-refractivity contribution is 7.94. The van der Waals surface area contributed by atoms with Crippen molar-refractivity contribution in [3.63, 3.8) is 0 Å². The number of imidazole rings is 1. The fourth-order valence-electron chi connectivity index (χ4n) is 2.40. The summed E-state index contributed by atoms with van der Waals surface area (Å²) in [5.41, 5.74) is 2.90. The molecule has 0 saturated carbocycles. The predicted molar refractivity (Wildman–Crippen MR) is 85.3 cm³/mol. The average Bonchev–Trinajstić information content (AvgIpc) is 3.01. The Morgan fingerprint density at radius 1 is 1.48 bits per heavy atom. The number of nitrogens with zero attached hydrogens (tertiary/aromatic N) is 1. The number of fused-ring (bicyclic) bond motifs is 1. The average molecular weight is 335 g/mol. The lowest BCUT2D eigenvalue weighted by Crippen LogP contribution is -2.37. The van der Waals surface area contributed by atoms with Crippen LogP contribution in [0.1, 0.15) is 11.4 Å². The molecule has 0 radical (unpaired) electrons. The zero-order chi connectivity index (χ0) is 16.4. The van der Waals surface area contributed by atoms with E-state index >= 15 is 0 Å². The number of aromatic nitrogens is 2. The first-order valence-electron chi connectivity index (χ1n) is 7.15. The van der Waals surface area contributed by atoms with Gasteiger partial charge in [0.1, 0.15) is 19.0 Å². The molecule has 2 N–H and O–H groups in total. The summed E-state index contributed by atoms with van der Waals surface area (Å²) in [6.45, 7) is 2.03. The lowest BCUT2D eigenvalue weighted by Gasteiger charge is -2.09. The summed E-state index contributed by atoms with van der Waals surface area (Å²) >= 11 is 0. The van der Waals surface area contributed by atoms with Crippen molar-refractivity contribution >= 4 is 26.8 Å². The number of sulfone groups is 1. The van der Waals surface area contributed by atoms with Crippen LogP contribution in [0.25, 0.3) is 11.0 Å². The Balaban J connectivity index is 1.48. The quantitative estimate of drug-likeness (QED) is 0.842. The van der Waals surface area contributed by atoms with Gasteiger partial charge in [-0.3, -0.25) is 4.79 Å². The van der Waals surface area contributed by atoms with Crippen LogP contribution in [0.15, 0.2) is 29.7 Å². The third-order valence-electron chi connectivity index (χ3n) is 3.43. The Kier molecular flexibility index (Phi) is 4.18. The van der Waals surface area contributed by atoms with E-state index in [1.807, 2.05) is 25.1 Å². The number of carbonyl (C=O) groups is 1. The van der Waals surface area contributed by atoms with Crippen molar-refractivity contribution in [2.45, 2.75) is 19.6 Å². The minimum Gasteiger partial charge on any atom is -0.364 e. The maximum atomic E-state index is 11.7. The second-order valence-corrected chi connectivity index (χ2v) is 7.46. The van der Waals surface area contributed by atoms with Gasteiger partial charge in [-0.05, 0) is 30.7 Å². The molecular weight excluding hydrogens is 318 g/mol. The van der Waals surface area contributed by atoms with E-state index in [4.69, 9.17) is 4.74 Å². The number of amides is 1. The second kappa shape index (κ2) is 6.13. The third kappa shape index (κ3) is 3.96. The monoisotopic (exact) mass is 335 g/mol. The Bertz CT molecular complexity index is 870. The largest absolute Gasteiger partial charge is 0.364 e. The molecule has 8 heteroatoms. The summed E-state index contributed by atoms with van der Waals surface area (Å²) in [4.78, 5) is 19.2. The lowest BCUT2D eigenvalue weighted by atomic mass is 10.2. The standard InChI is InChI=1S/C15H17N3O4S/c1-10-2-3-12-13(6-10)18-14(17-12)7-22-8-15(19)16-11-4-5-23(20,21)9-11/h2-6,11H,7-9H2,1H3,(H,16,19)(H,17,18)/t11-/m0/s1. The highest BCUT2D eigenvalue weighted by atomic mass is 32.2. The molecule has 7 nitrogen and oxygen atoms in total. The van der Waals surface area contributed by atoms with Crippen LogP contribution in [0.4, 0.5) is 0 Å². The Labute approximate surface area is 133 Å². The van der Waals surface area contributed by atoms with E-state index in [1.165, 1.54) is 6.08 Å². The summed E-state index contributed by atoms with van der Waals surface area (Å²) in [6.07, 6.45) is 1.47. The molecule has 0 fully saturated rings. The van der Waals surface area contributed by atoms with Gasteiger partial charge >= 0.3 is 0 Å². The van der Waals surface area contributed by atoms with Gasteiger partial charge in [-0.25, -0.2) is 13.4 Å². The maximum absolute atomic E-state index is 11.7. The van der Waals surface area contributed by atoms with Crippen molar-refractivity contribution < 1.29 is 17.9 Å². The number of rotatable bonds is 5. The van der Waals surface area contributed by atoms with Crippen LogP contribution >= 0.6 is 0 Å².